The zero-order valence-electron chi connectivity index (χ0n) is 18.7. The Kier molecular flexibility index (Phi) is 6.62. The second-order valence-corrected chi connectivity index (χ2v) is 9.10. The van der Waals surface area contributed by atoms with E-state index in [0.717, 1.165) is 0 Å². The maximum absolute atomic E-state index is 13.7. The smallest absolute Gasteiger partial charge is 0.312 e. The molecule has 3 rings (SSSR count). The molecule has 2 bridgehead atoms. The molecule has 0 aromatic heterocycles. The number of esters is 1. The van der Waals surface area contributed by atoms with Crippen LogP contribution in [0.5, 0.6) is 0 Å². The van der Waals surface area contributed by atoms with Crippen LogP contribution in [0.2, 0.25) is 0 Å². The van der Waals surface area contributed by atoms with E-state index in [9.17, 15) is 19.5 Å². The number of hydrogen-bond donors (Lipinski definition) is 1. The molecule has 2 unspecified atom stereocenters. The Morgan fingerprint density at radius 2 is 2.06 bits per heavy atom. The number of carbonyl (C=O) groups excluding carboxylic acids is 3. The van der Waals surface area contributed by atoms with E-state index < -0.39 is 35.0 Å². The maximum atomic E-state index is 13.7. The van der Waals surface area contributed by atoms with Crippen molar-refractivity contribution >= 4 is 17.8 Å². The van der Waals surface area contributed by atoms with Crippen molar-refractivity contribution in [3.8, 4) is 0 Å². The van der Waals surface area contributed by atoms with Gasteiger partial charge in [-0.1, -0.05) is 12.2 Å². The van der Waals surface area contributed by atoms with Crippen LogP contribution in [0, 0.1) is 11.8 Å². The number of likely N-dealkylation sites (tertiary alicyclic amines) is 1. The lowest BCUT2D eigenvalue weighted by Gasteiger charge is -2.38. The van der Waals surface area contributed by atoms with Crippen LogP contribution in [0.4, 0.5) is 0 Å². The molecular formula is C23H34N2O6. The van der Waals surface area contributed by atoms with Gasteiger partial charge in [-0.2, -0.15) is 0 Å². The Morgan fingerprint density at radius 3 is 2.65 bits per heavy atom. The predicted octanol–water partition coefficient (Wildman–Crippen LogP) is 1.29. The summed E-state index contributed by atoms with van der Waals surface area (Å²) >= 11 is 0. The van der Waals surface area contributed by atoms with Crippen molar-refractivity contribution in [2.45, 2.75) is 63.3 Å². The first-order valence-corrected chi connectivity index (χ1v) is 11.0. The van der Waals surface area contributed by atoms with Gasteiger partial charge in [-0.25, -0.2) is 0 Å². The highest BCUT2D eigenvalue weighted by molar-refractivity contribution is 5.98. The van der Waals surface area contributed by atoms with Crippen LogP contribution in [0.3, 0.4) is 0 Å². The quantitative estimate of drug-likeness (QED) is 0.316. The van der Waals surface area contributed by atoms with Crippen LogP contribution >= 0.6 is 0 Å². The van der Waals surface area contributed by atoms with Gasteiger partial charge in [0.1, 0.15) is 17.6 Å². The molecule has 0 aromatic rings. The molecule has 1 N–H and O–H groups in total. The van der Waals surface area contributed by atoms with Crippen molar-refractivity contribution in [2.75, 3.05) is 26.3 Å². The summed E-state index contributed by atoms with van der Waals surface area (Å²) in [5.74, 6) is -2.65. The van der Waals surface area contributed by atoms with Crippen molar-refractivity contribution < 1.29 is 29.0 Å². The van der Waals surface area contributed by atoms with E-state index in [4.69, 9.17) is 9.47 Å². The van der Waals surface area contributed by atoms with Gasteiger partial charge in [0.05, 0.1) is 24.7 Å². The van der Waals surface area contributed by atoms with Gasteiger partial charge in [0.2, 0.25) is 11.8 Å². The van der Waals surface area contributed by atoms with Gasteiger partial charge in [-0.3, -0.25) is 14.4 Å². The normalized spacial score (nSPS) is 33.5. The molecule has 8 heteroatoms. The van der Waals surface area contributed by atoms with Crippen molar-refractivity contribution in [3.63, 3.8) is 0 Å². The number of carbonyl (C=O) groups is 3. The third kappa shape index (κ3) is 3.59. The molecule has 1 spiro atoms. The van der Waals surface area contributed by atoms with Gasteiger partial charge in [0.15, 0.2) is 0 Å². The molecule has 3 fully saturated rings. The van der Waals surface area contributed by atoms with Crippen molar-refractivity contribution in [2.24, 2.45) is 11.8 Å². The second-order valence-electron chi connectivity index (χ2n) is 9.10. The highest BCUT2D eigenvalue weighted by Gasteiger charge is 2.78. The fourth-order valence-corrected chi connectivity index (χ4v) is 5.60. The Bertz CT molecular complexity index is 767. The van der Waals surface area contributed by atoms with E-state index in [1.165, 1.54) is 4.90 Å². The Labute approximate surface area is 183 Å². The fraction of sp³-hybridized carbons (Fsp3) is 0.696. The maximum Gasteiger partial charge on any atom is 0.312 e. The first kappa shape index (κ1) is 23.5. The SMILES string of the molecule is C=CCCOC(=O)[C@@H]1[C@H]2C(=O)N(CCO)C(C(=O)N(CC=C)C(C)C)C23CC[C@@]1(C)O3. The Hall–Kier alpha value is -2.19. The number of β-amino-alcohol motifs (C(OH)–C–C–N with tert-alkyl or cyclic N) is 1. The average Bonchev–Trinajstić information content (AvgIpc) is 3.27. The number of aliphatic hydroxyl groups is 1. The lowest BCUT2D eigenvalue weighted by atomic mass is 9.66. The monoisotopic (exact) mass is 434 g/mol. The summed E-state index contributed by atoms with van der Waals surface area (Å²) in [6, 6.07) is -1.01. The number of rotatable bonds is 10. The number of fused-ring (bicyclic) bond motifs is 1. The average molecular weight is 435 g/mol. The number of aliphatic hydroxyl groups excluding tert-OH is 1. The molecule has 3 aliphatic heterocycles. The van der Waals surface area contributed by atoms with Gasteiger partial charge >= 0.3 is 5.97 Å². The minimum Gasteiger partial charge on any atom is -0.465 e. The second kappa shape index (κ2) is 8.74. The highest BCUT2D eigenvalue weighted by atomic mass is 16.6. The van der Waals surface area contributed by atoms with Crippen LogP contribution in [0.15, 0.2) is 25.3 Å². The summed E-state index contributed by atoms with van der Waals surface area (Å²) in [7, 11) is 0. The largest absolute Gasteiger partial charge is 0.465 e. The summed E-state index contributed by atoms with van der Waals surface area (Å²) in [6.07, 6.45) is 4.87. The molecule has 3 saturated heterocycles. The van der Waals surface area contributed by atoms with E-state index in [1.54, 1.807) is 17.1 Å². The third-order valence-electron chi connectivity index (χ3n) is 6.90. The standard InChI is InChI=1S/C23H34N2O6/c1-6-8-14-30-21(29)17-16-19(27)25(12-13-26)18(20(28)24(11-7-2)15(3)4)23(16)10-9-22(17,5)31-23/h6-7,15-18,26H,1-2,8-14H2,3-5H3/t16-,17-,18?,22+,23?/m0/s1. The van der Waals surface area contributed by atoms with Gasteiger partial charge < -0.3 is 24.4 Å². The number of ether oxygens (including phenoxy) is 2. The van der Waals surface area contributed by atoms with E-state index >= 15 is 0 Å². The van der Waals surface area contributed by atoms with Crippen molar-refractivity contribution in [1.29, 1.82) is 0 Å². The molecule has 0 saturated carbocycles. The Balaban J connectivity index is 2.01. The van der Waals surface area contributed by atoms with Crippen molar-refractivity contribution in [1.82, 2.24) is 9.80 Å². The zero-order chi connectivity index (χ0) is 23.0. The van der Waals surface area contributed by atoms with Gasteiger partial charge in [0, 0.05) is 19.1 Å². The van der Waals surface area contributed by atoms with Gasteiger partial charge in [-0.05, 0) is 40.0 Å². The zero-order valence-corrected chi connectivity index (χ0v) is 18.7. The molecule has 5 atom stereocenters. The van der Waals surface area contributed by atoms with E-state index in [0.29, 0.717) is 25.8 Å². The molecule has 0 aromatic carbocycles. The van der Waals surface area contributed by atoms with E-state index in [-0.39, 0.29) is 37.6 Å². The Morgan fingerprint density at radius 1 is 1.35 bits per heavy atom. The predicted molar refractivity (Wildman–Crippen MR) is 114 cm³/mol. The minimum absolute atomic E-state index is 0.00577. The minimum atomic E-state index is -1.10. The van der Waals surface area contributed by atoms with Gasteiger partial charge in [-0.15, -0.1) is 13.2 Å². The number of hydrogen-bond acceptors (Lipinski definition) is 6. The van der Waals surface area contributed by atoms with Crippen molar-refractivity contribution in [3.05, 3.63) is 25.3 Å². The summed E-state index contributed by atoms with van der Waals surface area (Å²) in [4.78, 5) is 43.3. The summed E-state index contributed by atoms with van der Waals surface area (Å²) < 4.78 is 11.9. The molecule has 3 aliphatic rings. The first-order valence-electron chi connectivity index (χ1n) is 11.0. The number of nitrogens with zero attached hydrogens (tertiary/aromatic N) is 2. The summed E-state index contributed by atoms with van der Waals surface area (Å²) in [5, 5.41) is 9.62. The molecule has 31 heavy (non-hydrogen) atoms. The molecule has 2 amide bonds. The lowest BCUT2D eigenvalue weighted by Crippen LogP contribution is -2.57. The summed E-state index contributed by atoms with van der Waals surface area (Å²) in [5.41, 5.74) is -1.97. The van der Waals surface area contributed by atoms with Crippen LogP contribution < -0.4 is 0 Å². The van der Waals surface area contributed by atoms with E-state index in [2.05, 4.69) is 13.2 Å². The highest BCUT2D eigenvalue weighted by Crippen LogP contribution is 2.63. The molecule has 8 nitrogen and oxygen atoms in total. The van der Waals surface area contributed by atoms with Crippen LogP contribution in [0.25, 0.3) is 0 Å². The lowest BCUT2D eigenvalue weighted by molar-refractivity contribution is -0.160. The van der Waals surface area contributed by atoms with Crippen LogP contribution in [0.1, 0.15) is 40.0 Å². The number of amides is 2. The molecule has 0 radical (unpaired) electrons. The van der Waals surface area contributed by atoms with Gasteiger partial charge in [0.25, 0.3) is 0 Å². The third-order valence-corrected chi connectivity index (χ3v) is 6.90. The molecule has 172 valence electrons. The topological polar surface area (TPSA) is 96.4 Å². The molecular weight excluding hydrogens is 400 g/mol. The fourth-order valence-electron chi connectivity index (χ4n) is 5.60. The summed E-state index contributed by atoms with van der Waals surface area (Å²) in [6.45, 7) is 13.2. The molecule has 0 aliphatic carbocycles. The van der Waals surface area contributed by atoms with E-state index in [1.807, 2.05) is 20.8 Å². The van der Waals surface area contributed by atoms with Crippen LogP contribution in [-0.4, -0.2) is 82.3 Å². The molecule has 3 heterocycles. The van der Waals surface area contributed by atoms with Crippen LogP contribution in [-0.2, 0) is 23.9 Å². The first-order chi connectivity index (χ1) is 14.7.